The second-order valence-electron chi connectivity index (χ2n) is 4.18. The van der Waals surface area contributed by atoms with E-state index in [2.05, 4.69) is 15.1 Å². The number of hydrogen-bond donors (Lipinski definition) is 1. The molecule has 0 unspecified atom stereocenters. The fourth-order valence-corrected chi connectivity index (χ4v) is 2.08. The van der Waals surface area contributed by atoms with Crippen LogP contribution >= 0.6 is 0 Å². The van der Waals surface area contributed by atoms with Crippen molar-refractivity contribution >= 4 is 22.8 Å². The van der Waals surface area contributed by atoms with Crippen LogP contribution in [-0.4, -0.2) is 19.6 Å². The molecule has 3 heterocycles. The van der Waals surface area contributed by atoms with Crippen LogP contribution < -0.4 is 5.73 Å². The minimum Gasteiger partial charge on any atom is -0.424 e. The molecule has 0 fully saturated rings. The lowest BCUT2D eigenvalue weighted by molar-refractivity contribution is 0.626. The molecule has 21 heavy (non-hydrogen) atoms. The molecule has 0 spiro atoms. The van der Waals surface area contributed by atoms with E-state index in [0.717, 1.165) is 22.4 Å². The zero-order valence-corrected chi connectivity index (χ0v) is 11.8. The standard InChI is InChI=1S/C13H9N5O.C2H6/c14-13-17-10-7-8(1-2-11(10)19-13)9-4-6-18-12(16-9)3-5-15-18;1-2/h1-7H,(H2,14,17);1-2H3. The van der Waals surface area contributed by atoms with Gasteiger partial charge in [0.15, 0.2) is 11.2 Å². The summed E-state index contributed by atoms with van der Waals surface area (Å²) in [7, 11) is 0. The summed E-state index contributed by atoms with van der Waals surface area (Å²) < 4.78 is 6.97. The van der Waals surface area contributed by atoms with Gasteiger partial charge in [0.05, 0.1) is 11.9 Å². The maximum Gasteiger partial charge on any atom is 0.292 e. The molecule has 0 aliphatic rings. The summed E-state index contributed by atoms with van der Waals surface area (Å²) in [5.41, 5.74) is 9.56. The molecule has 4 rings (SSSR count). The van der Waals surface area contributed by atoms with Gasteiger partial charge in [0.2, 0.25) is 0 Å². The summed E-state index contributed by atoms with van der Waals surface area (Å²) >= 11 is 0. The van der Waals surface area contributed by atoms with Gasteiger partial charge in [-0.3, -0.25) is 0 Å². The van der Waals surface area contributed by atoms with Gasteiger partial charge in [0, 0.05) is 17.8 Å². The topological polar surface area (TPSA) is 82.2 Å². The highest BCUT2D eigenvalue weighted by atomic mass is 16.4. The molecule has 0 radical (unpaired) electrons. The minimum atomic E-state index is 0.173. The van der Waals surface area contributed by atoms with E-state index in [0.29, 0.717) is 5.58 Å². The molecule has 0 aliphatic carbocycles. The number of benzene rings is 1. The number of aromatic nitrogens is 4. The van der Waals surface area contributed by atoms with Gasteiger partial charge in [-0.15, -0.1) is 0 Å². The first-order valence-corrected chi connectivity index (χ1v) is 6.76. The van der Waals surface area contributed by atoms with Gasteiger partial charge in [-0.25, -0.2) is 9.50 Å². The van der Waals surface area contributed by atoms with Gasteiger partial charge in [-0.1, -0.05) is 13.8 Å². The van der Waals surface area contributed by atoms with Crippen LogP contribution in [0.3, 0.4) is 0 Å². The summed E-state index contributed by atoms with van der Waals surface area (Å²) in [6.07, 6.45) is 3.59. The Bertz CT molecular complexity index is 893. The molecule has 0 saturated carbocycles. The second kappa shape index (κ2) is 5.24. The van der Waals surface area contributed by atoms with Gasteiger partial charge >= 0.3 is 0 Å². The maximum atomic E-state index is 5.53. The molecule has 0 saturated heterocycles. The van der Waals surface area contributed by atoms with Crippen molar-refractivity contribution < 1.29 is 4.42 Å². The largest absolute Gasteiger partial charge is 0.424 e. The van der Waals surface area contributed by atoms with Crippen molar-refractivity contribution in [1.82, 2.24) is 19.6 Å². The Morgan fingerprint density at radius 2 is 1.95 bits per heavy atom. The van der Waals surface area contributed by atoms with E-state index in [4.69, 9.17) is 10.2 Å². The molecule has 0 amide bonds. The summed E-state index contributed by atoms with van der Waals surface area (Å²) in [4.78, 5) is 8.65. The van der Waals surface area contributed by atoms with E-state index in [-0.39, 0.29) is 6.01 Å². The second-order valence-corrected chi connectivity index (χ2v) is 4.18. The molecule has 1 aromatic carbocycles. The number of oxazole rings is 1. The highest BCUT2D eigenvalue weighted by Gasteiger charge is 2.07. The van der Waals surface area contributed by atoms with Crippen LogP contribution in [0.5, 0.6) is 0 Å². The number of nitrogens with two attached hydrogens (primary N) is 1. The summed E-state index contributed by atoms with van der Waals surface area (Å²) in [5, 5.41) is 4.12. The third-order valence-electron chi connectivity index (χ3n) is 2.96. The van der Waals surface area contributed by atoms with Crippen LogP contribution in [0.4, 0.5) is 6.01 Å². The molecule has 106 valence electrons. The van der Waals surface area contributed by atoms with E-state index in [1.165, 1.54) is 0 Å². The van der Waals surface area contributed by atoms with Crippen LogP contribution in [-0.2, 0) is 0 Å². The predicted molar refractivity (Wildman–Crippen MR) is 81.8 cm³/mol. The molecule has 2 N–H and O–H groups in total. The third-order valence-corrected chi connectivity index (χ3v) is 2.96. The molecule has 0 bridgehead atoms. The van der Waals surface area contributed by atoms with Crippen molar-refractivity contribution in [2.45, 2.75) is 13.8 Å². The van der Waals surface area contributed by atoms with E-state index < -0.39 is 0 Å². The van der Waals surface area contributed by atoms with Crippen LogP contribution in [0, 0.1) is 0 Å². The zero-order chi connectivity index (χ0) is 14.8. The molecule has 0 aliphatic heterocycles. The Morgan fingerprint density at radius 3 is 2.81 bits per heavy atom. The third kappa shape index (κ3) is 2.31. The van der Waals surface area contributed by atoms with Crippen LogP contribution in [0.1, 0.15) is 13.8 Å². The van der Waals surface area contributed by atoms with Gasteiger partial charge in [0.25, 0.3) is 6.01 Å². The first-order chi connectivity index (χ1) is 10.3. The highest BCUT2D eigenvalue weighted by molar-refractivity contribution is 5.80. The molecule has 6 nitrogen and oxygen atoms in total. The van der Waals surface area contributed by atoms with Gasteiger partial charge in [0.1, 0.15) is 5.52 Å². The monoisotopic (exact) mass is 281 g/mol. The van der Waals surface area contributed by atoms with Gasteiger partial charge < -0.3 is 10.2 Å². The lowest BCUT2D eigenvalue weighted by Crippen LogP contribution is -1.91. The van der Waals surface area contributed by atoms with Crippen molar-refractivity contribution in [3.05, 3.63) is 42.7 Å². The molecule has 6 heteroatoms. The van der Waals surface area contributed by atoms with Gasteiger partial charge in [-0.05, 0) is 24.3 Å². The zero-order valence-electron chi connectivity index (χ0n) is 11.8. The molecule has 0 atom stereocenters. The van der Waals surface area contributed by atoms with Crippen molar-refractivity contribution in [2.24, 2.45) is 0 Å². The SMILES string of the molecule is CC.Nc1nc2cc(-c3ccn4nccc4n3)ccc2o1. The number of fused-ring (bicyclic) bond motifs is 2. The van der Waals surface area contributed by atoms with E-state index in [1.54, 1.807) is 10.7 Å². The lowest BCUT2D eigenvalue weighted by Gasteiger charge is -2.01. The van der Waals surface area contributed by atoms with E-state index >= 15 is 0 Å². The van der Waals surface area contributed by atoms with Crippen molar-refractivity contribution in [1.29, 1.82) is 0 Å². The molecule has 3 aromatic heterocycles. The predicted octanol–water partition coefficient (Wildman–Crippen LogP) is 3.15. The number of nitrogen functional groups attached to an aromatic ring is 1. The highest BCUT2D eigenvalue weighted by Crippen LogP contribution is 2.24. The van der Waals surface area contributed by atoms with Crippen LogP contribution in [0.15, 0.2) is 47.1 Å². The van der Waals surface area contributed by atoms with Crippen LogP contribution in [0.2, 0.25) is 0 Å². The number of hydrogen-bond acceptors (Lipinski definition) is 5. The Labute approximate surface area is 121 Å². The van der Waals surface area contributed by atoms with Crippen molar-refractivity contribution in [2.75, 3.05) is 5.73 Å². The van der Waals surface area contributed by atoms with Crippen LogP contribution in [0.25, 0.3) is 28.0 Å². The quantitative estimate of drug-likeness (QED) is 0.579. The fourth-order valence-electron chi connectivity index (χ4n) is 2.08. The summed E-state index contributed by atoms with van der Waals surface area (Å²) in [6, 6.07) is 9.62. The minimum absolute atomic E-state index is 0.173. The number of rotatable bonds is 1. The fraction of sp³-hybridized carbons (Fsp3) is 0.133. The lowest BCUT2D eigenvalue weighted by atomic mass is 10.1. The van der Waals surface area contributed by atoms with Gasteiger partial charge in [-0.2, -0.15) is 10.1 Å². The van der Waals surface area contributed by atoms with E-state index in [1.807, 2.05) is 50.4 Å². The summed E-state index contributed by atoms with van der Waals surface area (Å²) in [5.74, 6) is 0. The van der Waals surface area contributed by atoms with E-state index in [9.17, 15) is 0 Å². The Kier molecular flexibility index (Phi) is 3.27. The first kappa shape index (κ1) is 13.1. The van der Waals surface area contributed by atoms with Crippen molar-refractivity contribution in [3.8, 4) is 11.3 Å². The molecular weight excluding hydrogens is 266 g/mol. The van der Waals surface area contributed by atoms with Crippen molar-refractivity contribution in [3.63, 3.8) is 0 Å². The average molecular weight is 281 g/mol. The Morgan fingerprint density at radius 1 is 1.10 bits per heavy atom. The summed E-state index contributed by atoms with van der Waals surface area (Å²) in [6.45, 7) is 4.00. The molecular formula is C15H15N5O. The number of nitrogens with zero attached hydrogens (tertiary/aromatic N) is 4. The smallest absolute Gasteiger partial charge is 0.292 e. The first-order valence-electron chi connectivity index (χ1n) is 6.76. The Hall–Kier alpha value is -2.89. The Balaban J connectivity index is 0.000000636. The normalized spacial score (nSPS) is 10.6. The maximum absolute atomic E-state index is 5.53. The average Bonchev–Trinajstić information content (AvgIpc) is 3.12. The number of anilines is 1. The molecule has 4 aromatic rings.